The lowest BCUT2D eigenvalue weighted by Gasteiger charge is -2.21. The van der Waals surface area contributed by atoms with Gasteiger partial charge in [-0.1, -0.05) is 11.6 Å². The van der Waals surface area contributed by atoms with Crippen LogP contribution in [-0.2, 0) is 4.74 Å². The van der Waals surface area contributed by atoms with Crippen LogP contribution in [0, 0.1) is 12.7 Å². The number of esters is 1. The Labute approximate surface area is 206 Å². The van der Waals surface area contributed by atoms with E-state index in [9.17, 15) is 9.18 Å². The fraction of sp³-hybridized carbons (Fsp3) is 0.167. The molecule has 0 spiro atoms. The van der Waals surface area contributed by atoms with Gasteiger partial charge in [0.05, 0.1) is 35.3 Å². The van der Waals surface area contributed by atoms with Crippen LogP contribution in [-0.4, -0.2) is 44.5 Å². The van der Waals surface area contributed by atoms with E-state index in [0.717, 1.165) is 5.69 Å². The molecule has 0 radical (unpaired) electrons. The molecule has 4 aromatic rings. The van der Waals surface area contributed by atoms with E-state index in [4.69, 9.17) is 16.3 Å². The van der Waals surface area contributed by atoms with Gasteiger partial charge in [-0.2, -0.15) is 4.98 Å². The predicted octanol–water partition coefficient (Wildman–Crippen LogP) is 5.12. The second kappa shape index (κ2) is 10.4. The summed E-state index contributed by atoms with van der Waals surface area (Å²) in [5, 5.41) is 3.00. The van der Waals surface area contributed by atoms with Gasteiger partial charge >= 0.3 is 5.97 Å². The molecule has 1 N–H and O–H groups in total. The van der Waals surface area contributed by atoms with Crippen LogP contribution < -0.4 is 10.2 Å². The maximum Gasteiger partial charge on any atom is 0.339 e. The third kappa shape index (κ3) is 5.49. The SMILES string of the molecule is CCOC(=O)c1cncc(-c2cnc(Nc3ccc(F)c(Cl)c3)nc2N(C)c2cnc(C)cn2)c1. The van der Waals surface area contributed by atoms with Crippen molar-refractivity contribution in [2.75, 3.05) is 23.9 Å². The Kier molecular flexibility index (Phi) is 7.11. The van der Waals surface area contributed by atoms with Crippen LogP contribution in [0.3, 0.4) is 0 Å². The molecule has 1 aromatic carbocycles. The molecule has 0 fully saturated rings. The van der Waals surface area contributed by atoms with Crippen molar-refractivity contribution in [3.05, 3.63) is 77.3 Å². The molecular weight excluding hydrogens is 473 g/mol. The molecule has 0 aliphatic carbocycles. The number of hydrogen-bond acceptors (Lipinski definition) is 9. The Bertz CT molecular complexity index is 1370. The summed E-state index contributed by atoms with van der Waals surface area (Å²) in [5.74, 6) is 0.250. The summed E-state index contributed by atoms with van der Waals surface area (Å²) in [5.41, 5.74) is 2.78. The highest BCUT2D eigenvalue weighted by molar-refractivity contribution is 6.31. The Morgan fingerprint density at radius 2 is 1.94 bits per heavy atom. The van der Waals surface area contributed by atoms with Gasteiger partial charge in [-0.15, -0.1) is 0 Å². The number of aryl methyl sites for hydroxylation is 1. The van der Waals surface area contributed by atoms with Crippen molar-refractivity contribution >= 4 is 40.8 Å². The summed E-state index contributed by atoms with van der Waals surface area (Å²) >= 11 is 5.90. The number of nitrogens with one attached hydrogen (secondary N) is 1. The van der Waals surface area contributed by atoms with E-state index >= 15 is 0 Å². The van der Waals surface area contributed by atoms with Crippen molar-refractivity contribution < 1.29 is 13.9 Å². The number of nitrogens with zero attached hydrogens (tertiary/aromatic N) is 6. The number of pyridine rings is 1. The van der Waals surface area contributed by atoms with E-state index in [2.05, 4.69) is 30.2 Å². The summed E-state index contributed by atoms with van der Waals surface area (Å²) in [7, 11) is 1.78. The first-order valence-electron chi connectivity index (χ1n) is 10.6. The van der Waals surface area contributed by atoms with Crippen LogP contribution in [0.25, 0.3) is 11.1 Å². The minimum Gasteiger partial charge on any atom is -0.462 e. The smallest absolute Gasteiger partial charge is 0.339 e. The van der Waals surface area contributed by atoms with Crippen molar-refractivity contribution in [1.29, 1.82) is 0 Å². The van der Waals surface area contributed by atoms with Crippen LogP contribution in [0.1, 0.15) is 23.0 Å². The molecule has 0 saturated carbocycles. The normalized spacial score (nSPS) is 10.7. The van der Waals surface area contributed by atoms with E-state index < -0.39 is 11.8 Å². The fourth-order valence-corrected chi connectivity index (χ4v) is 3.36. The molecule has 3 heterocycles. The number of aromatic nitrogens is 5. The standard InChI is InChI=1S/C24H21ClFN7O2/c1-4-35-23(34)16-7-15(10-27-11-16)18-12-30-24(31-17-5-6-20(26)19(25)8-17)32-22(18)33(3)21-13-28-14(2)9-29-21/h5-13H,4H2,1-3H3,(H,30,31,32). The molecule has 4 rings (SSSR count). The van der Waals surface area contributed by atoms with Crippen molar-refractivity contribution in [2.45, 2.75) is 13.8 Å². The zero-order valence-corrected chi connectivity index (χ0v) is 19.9. The number of carbonyl (C=O) groups is 1. The zero-order chi connectivity index (χ0) is 24.9. The second-order valence-electron chi connectivity index (χ2n) is 7.44. The summed E-state index contributed by atoms with van der Waals surface area (Å²) in [6.45, 7) is 3.83. The minimum absolute atomic E-state index is 0.0271. The summed E-state index contributed by atoms with van der Waals surface area (Å²) in [6, 6.07) is 5.88. The molecule has 0 atom stereocenters. The topological polar surface area (TPSA) is 106 Å². The highest BCUT2D eigenvalue weighted by Gasteiger charge is 2.18. The second-order valence-corrected chi connectivity index (χ2v) is 7.85. The molecule has 0 saturated heterocycles. The number of anilines is 4. The molecule has 0 aliphatic rings. The summed E-state index contributed by atoms with van der Waals surface area (Å²) in [4.78, 5) is 36.0. The van der Waals surface area contributed by atoms with Crippen molar-refractivity contribution in [2.24, 2.45) is 0 Å². The largest absolute Gasteiger partial charge is 0.462 e. The average molecular weight is 494 g/mol. The minimum atomic E-state index is -0.527. The highest BCUT2D eigenvalue weighted by Crippen LogP contribution is 2.33. The molecule has 0 bridgehead atoms. The Hall–Kier alpha value is -4.18. The first kappa shape index (κ1) is 24.0. The van der Waals surface area contributed by atoms with Crippen molar-refractivity contribution in [3.8, 4) is 11.1 Å². The monoisotopic (exact) mass is 493 g/mol. The number of carbonyl (C=O) groups excluding carboxylic acids is 1. The van der Waals surface area contributed by atoms with E-state index in [0.29, 0.717) is 34.0 Å². The molecule has 35 heavy (non-hydrogen) atoms. The zero-order valence-electron chi connectivity index (χ0n) is 19.2. The Morgan fingerprint density at radius 1 is 1.11 bits per heavy atom. The van der Waals surface area contributed by atoms with Crippen LogP contribution >= 0.6 is 11.6 Å². The molecule has 0 amide bonds. The predicted molar refractivity (Wildman–Crippen MR) is 131 cm³/mol. The van der Waals surface area contributed by atoms with Gasteiger partial charge in [-0.25, -0.2) is 19.2 Å². The van der Waals surface area contributed by atoms with Crippen LogP contribution in [0.2, 0.25) is 5.02 Å². The molecule has 3 aromatic heterocycles. The van der Waals surface area contributed by atoms with Gasteiger partial charge in [-0.05, 0) is 38.1 Å². The fourth-order valence-electron chi connectivity index (χ4n) is 3.18. The van der Waals surface area contributed by atoms with Crippen molar-refractivity contribution in [3.63, 3.8) is 0 Å². The van der Waals surface area contributed by atoms with Crippen molar-refractivity contribution in [1.82, 2.24) is 24.9 Å². The van der Waals surface area contributed by atoms with Gasteiger partial charge in [0.25, 0.3) is 0 Å². The molecule has 9 nitrogen and oxygen atoms in total. The highest BCUT2D eigenvalue weighted by atomic mass is 35.5. The number of halogens is 2. The van der Waals surface area contributed by atoms with Crippen LogP contribution in [0.5, 0.6) is 0 Å². The number of rotatable bonds is 7. The summed E-state index contributed by atoms with van der Waals surface area (Å²) < 4.78 is 18.6. The molecule has 0 unspecified atom stereocenters. The first-order chi connectivity index (χ1) is 16.9. The first-order valence-corrected chi connectivity index (χ1v) is 11.0. The molecule has 178 valence electrons. The van der Waals surface area contributed by atoms with Gasteiger partial charge in [0, 0.05) is 42.5 Å². The number of hydrogen-bond donors (Lipinski definition) is 1. The lowest BCUT2D eigenvalue weighted by Crippen LogP contribution is -2.16. The number of benzene rings is 1. The van der Waals surface area contributed by atoms with Crippen LogP contribution in [0.15, 0.2) is 55.2 Å². The Morgan fingerprint density at radius 3 is 2.66 bits per heavy atom. The van der Waals surface area contributed by atoms with Gasteiger partial charge in [0.15, 0.2) is 5.82 Å². The van der Waals surface area contributed by atoms with Crippen LogP contribution in [0.4, 0.5) is 27.7 Å². The molecular formula is C24H21ClFN7O2. The van der Waals surface area contributed by atoms with Gasteiger partial charge < -0.3 is 15.0 Å². The quantitative estimate of drug-likeness (QED) is 0.351. The lowest BCUT2D eigenvalue weighted by atomic mass is 10.1. The maximum absolute atomic E-state index is 13.6. The molecule has 11 heteroatoms. The van der Waals surface area contributed by atoms with E-state index in [1.54, 1.807) is 49.7 Å². The van der Waals surface area contributed by atoms with E-state index in [-0.39, 0.29) is 17.6 Å². The third-order valence-corrected chi connectivity index (χ3v) is 5.22. The maximum atomic E-state index is 13.6. The molecule has 0 aliphatic heterocycles. The number of ether oxygens (including phenoxy) is 1. The van der Waals surface area contributed by atoms with Gasteiger partial charge in [0.2, 0.25) is 5.95 Å². The average Bonchev–Trinajstić information content (AvgIpc) is 2.86. The van der Waals surface area contributed by atoms with E-state index in [1.165, 1.54) is 24.4 Å². The Balaban J connectivity index is 1.78. The summed E-state index contributed by atoms with van der Waals surface area (Å²) in [6.07, 6.45) is 7.91. The lowest BCUT2D eigenvalue weighted by molar-refractivity contribution is 0.0526. The van der Waals surface area contributed by atoms with Gasteiger partial charge in [-0.3, -0.25) is 9.97 Å². The van der Waals surface area contributed by atoms with Gasteiger partial charge in [0.1, 0.15) is 11.6 Å². The van der Waals surface area contributed by atoms with E-state index in [1.807, 2.05) is 6.92 Å². The third-order valence-electron chi connectivity index (χ3n) is 4.93.